The maximum Gasteiger partial charge on any atom is 0.128 e. The Morgan fingerprint density at radius 2 is 1.67 bits per heavy atom. The average Bonchev–Trinajstić information content (AvgIpc) is 2.50. The molecule has 1 N–H and O–H groups in total. The number of rotatable bonds is 5. The lowest BCUT2D eigenvalue weighted by Gasteiger charge is -2.18. The van der Waals surface area contributed by atoms with Gasteiger partial charge in [-0.1, -0.05) is 18.2 Å². The molecule has 2 rings (SSSR count). The first-order chi connectivity index (χ1) is 10.1. The number of methoxy groups -OCH3 is 2. The molecule has 0 saturated heterocycles. The summed E-state index contributed by atoms with van der Waals surface area (Å²) in [7, 11) is 3.21. The van der Waals surface area contributed by atoms with Gasteiger partial charge in [-0.05, 0) is 42.7 Å². The van der Waals surface area contributed by atoms with E-state index in [0.717, 1.165) is 11.3 Å². The van der Waals surface area contributed by atoms with Gasteiger partial charge >= 0.3 is 0 Å². The lowest BCUT2D eigenvalue weighted by molar-refractivity contribution is 0.173. The Kier molecular flexibility index (Phi) is 4.86. The Balaban J connectivity index is 2.30. The number of ether oxygens (including phenoxy) is 2. The fraction of sp³-hybridized carbons (Fsp3) is 0.333. The van der Waals surface area contributed by atoms with Crippen molar-refractivity contribution in [3.8, 4) is 11.5 Å². The van der Waals surface area contributed by atoms with Crippen LogP contribution >= 0.6 is 0 Å². The van der Waals surface area contributed by atoms with Crippen LogP contribution in [0.1, 0.15) is 28.4 Å². The third-order valence-corrected chi connectivity index (χ3v) is 3.84. The molecule has 0 aromatic heterocycles. The van der Waals surface area contributed by atoms with Crippen LogP contribution in [0.25, 0.3) is 0 Å². The first-order valence-corrected chi connectivity index (χ1v) is 7.02. The fourth-order valence-corrected chi connectivity index (χ4v) is 2.57. The number of aryl methyl sites for hydroxylation is 2. The van der Waals surface area contributed by atoms with Crippen LogP contribution in [0.2, 0.25) is 0 Å². The summed E-state index contributed by atoms with van der Waals surface area (Å²) in [4.78, 5) is 0. The molecule has 0 saturated carbocycles. The number of benzene rings is 2. The van der Waals surface area contributed by atoms with Crippen molar-refractivity contribution >= 4 is 0 Å². The molecule has 112 valence electrons. The maximum atomic E-state index is 10.6. The van der Waals surface area contributed by atoms with Crippen molar-refractivity contribution in [2.75, 3.05) is 14.2 Å². The van der Waals surface area contributed by atoms with E-state index in [2.05, 4.69) is 26.0 Å². The van der Waals surface area contributed by atoms with Gasteiger partial charge in [-0.3, -0.25) is 0 Å². The van der Waals surface area contributed by atoms with Crippen LogP contribution in [0.5, 0.6) is 11.5 Å². The molecule has 1 unspecified atom stereocenters. The van der Waals surface area contributed by atoms with Gasteiger partial charge in [0, 0.05) is 18.1 Å². The monoisotopic (exact) mass is 286 g/mol. The highest BCUT2D eigenvalue weighted by atomic mass is 16.5. The third-order valence-electron chi connectivity index (χ3n) is 3.84. The van der Waals surface area contributed by atoms with Gasteiger partial charge in [0.15, 0.2) is 0 Å². The van der Waals surface area contributed by atoms with Crippen molar-refractivity contribution in [3.05, 3.63) is 58.7 Å². The van der Waals surface area contributed by atoms with Crippen molar-refractivity contribution in [1.29, 1.82) is 0 Å². The average molecular weight is 286 g/mol. The first-order valence-electron chi connectivity index (χ1n) is 7.02. The highest BCUT2D eigenvalue weighted by molar-refractivity contribution is 5.43. The van der Waals surface area contributed by atoms with E-state index in [4.69, 9.17) is 9.47 Å². The summed E-state index contributed by atoms with van der Waals surface area (Å²) in [5, 5.41) is 10.6. The quantitative estimate of drug-likeness (QED) is 0.912. The number of aliphatic hydroxyl groups excluding tert-OH is 1. The molecule has 2 aromatic carbocycles. The van der Waals surface area contributed by atoms with Gasteiger partial charge in [-0.25, -0.2) is 0 Å². The van der Waals surface area contributed by atoms with Crippen LogP contribution in [0.4, 0.5) is 0 Å². The van der Waals surface area contributed by atoms with Crippen molar-refractivity contribution in [2.24, 2.45) is 0 Å². The summed E-state index contributed by atoms with van der Waals surface area (Å²) in [6.07, 6.45) is -0.0352. The Labute approximate surface area is 126 Å². The van der Waals surface area contributed by atoms with Gasteiger partial charge in [0.1, 0.15) is 11.5 Å². The topological polar surface area (TPSA) is 38.7 Å². The van der Waals surface area contributed by atoms with E-state index in [0.29, 0.717) is 12.2 Å². The third kappa shape index (κ3) is 3.37. The van der Waals surface area contributed by atoms with Crippen molar-refractivity contribution in [1.82, 2.24) is 0 Å². The van der Waals surface area contributed by atoms with E-state index in [1.165, 1.54) is 16.7 Å². The van der Waals surface area contributed by atoms with Gasteiger partial charge in [0.2, 0.25) is 0 Å². The molecule has 2 aromatic rings. The Hall–Kier alpha value is -2.00. The van der Waals surface area contributed by atoms with Crippen LogP contribution < -0.4 is 9.47 Å². The molecule has 0 bridgehead atoms. The SMILES string of the molecule is COc1ccc(C(O)Cc2c(C)cccc2C)c(OC)c1. The summed E-state index contributed by atoms with van der Waals surface area (Å²) in [6, 6.07) is 11.7. The molecule has 3 nitrogen and oxygen atoms in total. The second kappa shape index (κ2) is 6.64. The summed E-state index contributed by atoms with van der Waals surface area (Å²) in [6.45, 7) is 4.14. The van der Waals surface area contributed by atoms with Crippen molar-refractivity contribution in [3.63, 3.8) is 0 Å². The summed E-state index contributed by atoms with van der Waals surface area (Å²) in [5.74, 6) is 1.36. The zero-order valence-electron chi connectivity index (χ0n) is 13.0. The van der Waals surface area contributed by atoms with Crippen molar-refractivity contribution < 1.29 is 14.6 Å². The van der Waals surface area contributed by atoms with Gasteiger partial charge < -0.3 is 14.6 Å². The van der Waals surface area contributed by atoms with Gasteiger partial charge in [-0.15, -0.1) is 0 Å². The Morgan fingerprint density at radius 1 is 1.00 bits per heavy atom. The lowest BCUT2D eigenvalue weighted by atomic mass is 9.94. The van der Waals surface area contributed by atoms with E-state index in [1.54, 1.807) is 20.3 Å². The van der Waals surface area contributed by atoms with Gasteiger partial charge in [0.05, 0.1) is 20.3 Å². The van der Waals surface area contributed by atoms with Gasteiger partial charge in [0.25, 0.3) is 0 Å². The standard InChI is InChI=1S/C18H22O3/c1-12-6-5-7-13(2)16(12)11-17(19)15-9-8-14(20-3)10-18(15)21-4/h5-10,17,19H,11H2,1-4H3. The van der Waals surface area contributed by atoms with Crippen molar-refractivity contribution in [2.45, 2.75) is 26.4 Å². The molecule has 0 amide bonds. The van der Waals surface area contributed by atoms with E-state index < -0.39 is 6.10 Å². The number of aliphatic hydroxyl groups is 1. The molecule has 3 heteroatoms. The minimum atomic E-state index is -0.606. The molecule has 0 spiro atoms. The van der Waals surface area contributed by atoms with Crippen LogP contribution in [0.15, 0.2) is 36.4 Å². The van der Waals surface area contributed by atoms with Crippen LogP contribution in [0.3, 0.4) is 0 Å². The van der Waals surface area contributed by atoms with E-state index in [9.17, 15) is 5.11 Å². The minimum Gasteiger partial charge on any atom is -0.497 e. The fourth-order valence-electron chi connectivity index (χ4n) is 2.57. The molecule has 0 fully saturated rings. The number of hydrogen-bond donors (Lipinski definition) is 1. The zero-order valence-corrected chi connectivity index (χ0v) is 13.0. The Morgan fingerprint density at radius 3 is 2.24 bits per heavy atom. The highest BCUT2D eigenvalue weighted by Crippen LogP contribution is 2.32. The zero-order chi connectivity index (χ0) is 15.4. The van der Waals surface area contributed by atoms with Gasteiger partial charge in [-0.2, -0.15) is 0 Å². The van der Waals surface area contributed by atoms with Crippen LogP contribution in [-0.4, -0.2) is 19.3 Å². The summed E-state index contributed by atoms with van der Waals surface area (Å²) in [5.41, 5.74) is 4.35. The molecule has 0 aliphatic heterocycles. The van der Waals surface area contributed by atoms with Crippen LogP contribution in [-0.2, 0) is 6.42 Å². The summed E-state index contributed by atoms with van der Waals surface area (Å²) >= 11 is 0. The Bertz CT molecular complexity index is 600. The molecular weight excluding hydrogens is 264 g/mol. The predicted molar refractivity (Wildman–Crippen MR) is 84.1 cm³/mol. The van der Waals surface area contributed by atoms with E-state index in [-0.39, 0.29) is 0 Å². The molecular formula is C18H22O3. The molecule has 0 aliphatic carbocycles. The van der Waals surface area contributed by atoms with Crippen LogP contribution in [0, 0.1) is 13.8 Å². The molecule has 1 atom stereocenters. The molecule has 0 radical (unpaired) electrons. The van der Waals surface area contributed by atoms with E-state index >= 15 is 0 Å². The summed E-state index contributed by atoms with van der Waals surface area (Å²) < 4.78 is 10.6. The second-order valence-electron chi connectivity index (χ2n) is 5.20. The largest absolute Gasteiger partial charge is 0.497 e. The lowest BCUT2D eigenvalue weighted by Crippen LogP contribution is -2.06. The maximum absolute atomic E-state index is 10.6. The minimum absolute atomic E-state index is 0.571. The smallest absolute Gasteiger partial charge is 0.128 e. The normalized spacial score (nSPS) is 12.0. The predicted octanol–water partition coefficient (Wildman–Crippen LogP) is 3.60. The molecule has 0 heterocycles. The molecule has 21 heavy (non-hydrogen) atoms. The first kappa shape index (κ1) is 15.4. The highest BCUT2D eigenvalue weighted by Gasteiger charge is 2.16. The van der Waals surface area contributed by atoms with E-state index in [1.807, 2.05) is 18.2 Å². The molecule has 0 aliphatic rings. The number of hydrogen-bond acceptors (Lipinski definition) is 3. The second-order valence-corrected chi connectivity index (χ2v) is 5.20.